The number of amides is 1. The number of aliphatic hydroxyl groups is 1. The molecule has 0 aromatic heterocycles. The van der Waals surface area contributed by atoms with Gasteiger partial charge in [0.05, 0.1) is 12.5 Å². The Morgan fingerprint density at radius 1 is 1.28 bits per heavy atom. The van der Waals surface area contributed by atoms with Crippen LogP contribution in [0.25, 0.3) is 0 Å². The van der Waals surface area contributed by atoms with E-state index in [4.69, 9.17) is 5.11 Å². The summed E-state index contributed by atoms with van der Waals surface area (Å²) in [4.78, 5) is 14.2. The second kappa shape index (κ2) is 8.48. The van der Waals surface area contributed by atoms with Crippen molar-refractivity contribution in [2.75, 3.05) is 32.8 Å². The van der Waals surface area contributed by atoms with E-state index in [-0.39, 0.29) is 18.4 Å². The van der Waals surface area contributed by atoms with Gasteiger partial charge in [-0.2, -0.15) is 0 Å². The number of carbonyl (C=O) groups excluding carboxylic acids is 1. The highest BCUT2D eigenvalue weighted by atomic mass is 16.3. The monoisotopic (exact) mass is 256 g/mol. The van der Waals surface area contributed by atoms with Crippen molar-refractivity contribution in [3.8, 4) is 0 Å². The highest BCUT2D eigenvalue weighted by molar-refractivity contribution is 5.79. The largest absolute Gasteiger partial charge is 0.395 e. The number of nitrogens with zero attached hydrogens (tertiary/aromatic N) is 1. The summed E-state index contributed by atoms with van der Waals surface area (Å²) in [6, 6.07) is 0. The average Bonchev–Trinajstić information content (AvgIpc) is 2.78. The molecule has 4 nitrogen and oxygen atoms in total. The van der Waals surface area contributed by atoms with Crippen LogP contribution >= 0.6 is 0 Å². The van der Waals surface area contributed by atoms with Gasteiger partial charge in [0.2, 0.25) is 5.91 Å². The third-order valence-electron chi connectivity index (χ3n) is 3.80. The normalized spacial score (nSPS) is 23.3. The van der Waals surface area contributed by atoms with Crippen molar-refractivity contribution in [1.82, 2.24) is 10.2 Å². The molecule has 0 aromatic carbocycles. The molecule has 18 heavy (non-hydrogen) atoms. The molecular formula is C14H28N2O2. The number of rotatable bonds is 8. The van der Waals surface area contributed by atoms with E-state index in [0.717, 1.165) is 26.1 Å². The number of unbranched alkanes of at least 4 members (excludes halogenated alkanes) is 3. The molecule has 0 radical (unpaired) electrons. The third kappa shape index (κ3) is 4.58. The molecule has 0 unspecified atom stereocenters. The van der Waals surface area contributed by atoms with E-state index in [9.17, 15) is 4.79 Å². The minimum absolute atomic E-state index is 0.0635. The minimum atomic E-state index is 0.0635. The first-order valence-electron chi connectivity index (χ1n) is 7.31. The van der Waals surface area contributed by atoms with Crippen LogP contribution in [0.4, 0.5) is 0 Å². The summed E-state index contributed by atoms with van der Waals surface area (Å²) < 4.78 is 0. The molecule has 2 atom stereocenters. The maximum atomic E-state index is 12.4. The van der Waals surface area contributed by atoms with Crippen molar-refractivity contribution in [2.24, 2.45) is 11.8 Å². The standard InChI is InChI=1S/C14H28N2O2/c1-3-4-5-6-7-16(8-9-17)14(18)13-11-15-10-12(13)2/h12-13,15,17H,3-11H2,1-2H3/t12-,13-/m1/s1. The lowest BCUT2D eigenvalue weighted by Gasteiger charge is -2.26. The molecule has 1 saturated heterocycles. The molecule has 106 valence electrons. The summed E-state index contributed by atoms with van der Waals surface area (Å²) in [6.07, 6.45) is 4.65. The fourth-order valence-electron chi connectivity index (χ4n) is 2.56. The van der Waals surface area contributed by atoms with Crippen molar-refractivity contribution in [1.29, 1.82) is 0 Å². The predicted octanol–water partition coefficient (Wildman–Crippen LogP) is 1.24. The van der Waals surface area contributed by atoms with Gasteiger partial charge in [0, 0.05) is 19.6 Å². The van der Waals surface area contributed by atoms with Gasteiger partial charge in [-0.1, -0.05) is 33.1 Å². The SMILES string of the molecule is CCCCCCN(CCO)C(=O)[C@@H]1CNC[C@H]1C. The number of carbonyl (C=O) groups is 1. The molecule has 2 N–H and O–H groups in total. The zero-order valence-electron chi connectivity index (χ0n) is 11.8. The quantitative estimate of drug-likeness (QED) is 0.643. The molecule has 0 bridgehead atoms. The van der Waals surface area contributed by atoms with Crippen molar-refractivity contribution in [3.63, 3.8) is 0 Å². The second-order valence-corrected chi connectivity index (χ2v) is 5.35. The van der Waals surface area contributed by atoms with Gasteiger partial charge in [0.25, 0.3) is 0 Å². The zero-order valence-corrected chi connectivity index (χ0v) is 11.8. The Morgan fingerprint density at radius 2 is 2.06 bits per heavy atom. The van der Waals surface area contributed by atoms with Gasteiger partial charge in [-0.25, -0.2) is 0 Å². The van der Waals surface area contributed by atoms with Crippen LogP contribution in [0.2, 0.25) is 0 Å². The van der Waals surface area contributed by atoms with E-state index in [2.05, 4.69) is 19.2 Å². The first kappa shape index (κ1) is 15.4. The number of hydrogen-bond acceptors (Lipinski definition) is 3. The van der Waals surface area contributed by atoms with Crippen molar-refractivity contribution >= 4 is 5.91 Å². The smallest absolute Gasteiger partial charge is 0.227 e. The molecule has 1 fully saturated rings. The molecule has 1 aliphatic heterocycles. The van der Waals surface area contributed by atoms with E-state index < -0.39 is 0 Å². The fourth-order valence-corrected chi connectivity index (χ4v) is 2.56. The van der Waals surface area contributed by atoms with Crippen LogP contribution in [0.1, 0.15) is 39.5 Å². The maximum absolute atomic E-state index is 12.4. The van der Waals surface area contributed by atoms with E-state index in [1.807, 2.05) is 4.90 Å². The summed E-state index contributed by atoms with van der Waals surface area (Å²) >= 11 is 0. The lowest BCUT2D eigenvalue weighted by atomic mass is 9.96. The molecule has 1 heterocycles. The van der Waals surface area contributed by atoms with Crippen LogP contribution in [0.5, 0.6) is 0 Å². The van der Waals surface area contributed by atoms with Gasteiger partial charge in [-0.05, 0) is 18.9 Å². The molecule has 1 amide bonds. The van der Waals surface area contributed by atoms with Gasteiger partial charge < -0.3 is 15.3 Å². The van der Waals surface area contributed by atoms with E-state index in [1.54, 1.807) is 0 Å². The van der Waals surface area contributed by atoms with Gasteiger partial charge in [-0.3, -0.25) is 4.79 Å². The van der Waals surface area contributed by atoms with E-state index in [0.29, 0.717) is 12.5 Å². The van der Waals surface area contributed by atoms with Crippen molar-refractivity contribution in [3.05, 3.63) is 0 Å². The number of hydrogen-bond donors (Lipinski definition) is 2. The number of aliphatic hydroxyl groups excluding tert-OH is 1. The van der Waals surface area contributed by atoms with Gasteiger partial charge in [-0.15, -0.1) is 0 Å². The van der Waals surface area contributed by atoms with Crippen LogP contribution in [0.3, 0.4) is 0 Å². The first-order chi connectivity index (χ1) is 8.70. The van der Waals surface area contributed by atoms with Crippen molar-refractivity contribution in [2.45, 2.75) is 39.5 Å². The lowest BCUT2D eigenvalue weighted by Crippen LogP contribution is -2.41. The molecule has 0 aromatic rings. The summed E-state index contributed by atoms with van der Waals surface area (Å²) in [7, 11) is 0. The Labute approximate surface area is 111 Å². The molecular weight excluding hydrogens is 228 g/mol. The lowest BCUT2D eigenvalue weighted by molar-refractivity contribution is -0.136. The Kier molecular flexibility index (Phi) is 7.28. The Balaban J connectivity index is 2.41. The number of nitrogens with one attached hydrogen (secondary N) is 1. The second-order valence-electron chi connectivity index (χ2n) is 5.35. The molecule has 4 heteroatoms. The molecule has 1 rings (SSSR count). The van der Waals surface area contributed by atoms with Crippen LogP contribution in [-0.2, 0) is 4.79 Å². The van der Waals surface area contributed by atoms with Gasteiger partial charge in [0.1, 0.15) is 0 Å². The highest BCUT2D eigenvalue weighted by Gasteiger charge is 2.32. The molecule has 0 aliphatic carbocycles. The Hall–Kier alpha value is -0.610. The van der Waals surface area contributed by atoms with Crippen LogP contribution in [-0.4, -0.2) is 48.7 Å². The Morgan fingerprint density at radius 3 is 2.61 bits per heavy atom. The maximum Gasteiger partial charge on any atom is 0.227 e. The molecule has 1 aliphatic rings. The summed E-state index contributed by atoms with van der Waals surface area (Å²) in [6.45, 7) is 7.36. The molecule has 0 spiro atoms. The third-order valence-corrected chi connectivity index (χ3v) is 3.80. The Bertz CT molecular complexity index is 246. The average molecular weight is 256 g/mol. The van der Waals surface area contributed by atoms with Crippen LogP contribution < -0.4 is 5.32 Å². The van der Waals surface area contributed by atoms with E-state index >= 15 is 0 Å². The van der Waals surface area contributed by atoms with E-state index in [1.165, 1.54) is 19.3 Å². The van der Waals surface area contributed by atoms with Crippen LogP contribution in [0, 0.1) is 11.8 Å². The molecule has 0 saturated carbocycles. The van der Waals surface area contributed by atoms with Crippen LogP contribution in [0.15, 0.2) is 0 Å². The topological polar surface area (TPSA) is 52.6 Å². The zero-order chi connectivity index (χ0) is 13.4. The minimum Gasteiger partial charge on any atom is -0.395 e. The van der Waals surface area contributed by atoms with Crippen molar-refractivity contribution < 1.29 is 9.90 Å². The van der Waals surface area contributed by atoms with Gasteiger partial charge >= 0.3 is 0 Å². The summed E-state index contributed by atoms with van der Waals surface area (Å²) in [5.74, 6) is 0.732. The predicted molar refractivity (Wildman–Crippen MR) is 73.3 cm³/mol. The first-order valence-corrected chi connectivity index (χ1v) is 7.31. The summed E-state index contributed by atoms with van der Waals surface area (Å²) in [5.41, 5.74) is 0. The van der Waals surface area contributed by atoms with Gasteiger partial charge in [0.15, 0.2) is 0 Å². The fraction of sp³-hybridized carbons (Fsp3) is 0.929. The summed E-state index contributed by atoms with van der Waals surface area (Å²) in [5, 5.41) is 12.4. The highest BCUT2D eigenvalue weighted by Crippen LogP contribution is 2.19.